The normalized spacial score (nSPS) is 22.8. The van der Waals surface area contributed by atoms with Gasteiger partial charge >= 0.3 is 0 Å². The largest absolute Gasteiger partial charge is 0.380 e. The van der Waals surface area contributed by atoms with E-state index in [0.717, 1.165) is 6.54 Å². The van der Waals surface area contributed by atoms with Crippen molar-refractivity contribution < 1.29 is 9.53 Å². The van der Waals surface area contributed by atoms with Crippen LogP contribution in [0.4, 0.5) is 0 Å². The predicted molar refractivity (Wildman–Crippen MR) is 42.3 cm³/mol. The molecule has 1 aliphatic rings. The van der Waals surface area contributed by atoms with Crippen LogP contribution in [0.2, 0.25) is 0 Å². The summed E-state index contributed by atoms with van der Waals surface area (Å²) in [6.45, 7) is 4.90. The molecule has 64 valence electrons. The molecule has 1 fully saturated rings. The number of rotatable bonds is 3. The van der Waals surface area contributed by atoms with Crippen LogP contribution in [0.25, 0.3) is 0 Å². The Bertz CT molecular complexity index is 158. The third-order valence-corrected chi connectivity index (χ3v) is 2.43. The van der Waals surface area contributed by atoms with Crippen LogP contribution in [0.5, 0.6) is 0 Å². The van der Waals surface area contributed by atoms with Gasteiger partial charge in [-0.15, -0.1) is 0 Å². The fourth-order valence-electron chi connectivity index (χ4n) is 1.21. The van der Waals surface area contributed by atoms with Crippen molar-refractivity contribution in [2.45, 2.75) is 32.4 Å². The van der Waals surface area contributed by atoms with E-state index >= 15 is 0 Å². The maximum atomic E-state index is 11.0. The van der Waals surface area contributed by atoms with Crippen molar-refractivity contribution in [3.05, 3.63) is 0 Å². The van der Waals surface area contributed by atoms with Gasteiger partial charge in [0.05, 0.1) is 12.1 Å². The molecule has 0 radical (unpaired) electrons. The third-order valence-electron chi connectivity index (χ3n) is 2.43. The number of carbonyl (C=O) groups excluding carboxylic acids is 1. The molecule has 3 nitrogen and oxygen atoms in total. The number of carbonyl (C=O) groups is 1. The zero-order valence-electron chi connectivity index (χ0n) is 7.33. The molecule has 0 spiro atoms. The van der Waals surface area contributed by atoms with Crippen molar-refractivity contribution in [3.63, 3.8) is 0 Å². The Balaban J connectivity index is 2.40. The van der Waals surface area contributed by atoms with Crippen LogP contribution in [0.15, 0.2) is 0 Å². The Morgan fingerprint density at radius 1 is 1.55 bits per heavy atom. The van der Waals surface area contributed by atoms with Crippen molar-refractivity contribution in [1.82, 2.24) is 4.90 Å². The molecule has 0 bridgehead atoms. The van der Waals surface area contributed by atoms with Gasteiger partial charge in [-0.25, -0.2) is 0 Å². The lowest BCUT2D eigenvalue weighted by atomic mass is 10.1. The van der Waals surface area contributed by atoms with E-state index in [2.05, 4.69) is 0 Å². The van der Waals surface area contributed by atoms with Gasteiger partial charge in [-0.2, -0.15) is 0 Å². The summed E-state index contributed by atoms with van der Waals surface area (Å²) < 4.78 is 5.12. The van der Waals surface area contributed by atoms with Gasteiger partial charge < -0.3 is 9.64 Å². The van der Waals surface area contributed by atoms with Gasteiger partial charge in [0.15, 0.2) is 0 Å². The molecule has 2 unspecified atom stereocenters. The number of β-lactam (4-membered cyclic amide) rings is 1. The highest BCUT2D eigenvalue weighted by Gasteiger charge is 2.31. The van der Waals surface area contributed by atoms with Crippen LogP contribution in [-0.4, -0.2) is 36.6 Å². The highest BCUT2D eigenvalue weighted by molar-refractivity contribution is 5.82. The highest BCUT2D eigenvalue weighted by atomic mass is 16.5. The smallest absolute Gasteiger partial charge is 0.224 e. The van der Waals surface area contributed by atoms with Crippen molar-refractivity contribution in [2.75, 3.05) is 13.7 Å². The molecule has 1 amide bonds. The number of ether oxygens (including phenoxy) is 1. The van der Waals surface area contributed by atoms with E-state index in [-0.39, 0.29) is 18.1 Å². The van der Waals surface area contributed by atoms with E-state index in [1.807, 2.05) is 18.7 Å². The van der Waals surface area contributed by atoms with Crippen molar-refractivity contribution in [1.29, 1.82) is 0 Å². The van der Waals surface area contributed by atoms with Crippen LogP contribution in [0.3, 0.4) is 0 Å². The van der Waals surface area contributed by atoms with E-state index in [9.17, 15) is 4.79 Å². The van der Waals surface area contributed by atoms with Crippen LogP contribution in [-0.2, 0) is 9.53 Å². The molecule has 1 heterocycles. The second-order valence-electron chi connectivity index (χ2n) is 3.02. The standard InChI is InChI=1S/C8H15NO2/c1-6(7(2)11-3)9-5-4-8(9)10/h6-7H,4-5H2,1-3H3. The van der Waals surface area contributed by atoms with E-state index < -0.39 is 0 Å². The summed E-state index contributed by atoms with van der Waals surface area (Å²) in [6, 6.07) is 0.223. The quantitative estimate of drug-likeness (QED) is 0.563. The van der Waals surface area contributed by atoms with Crippen LogP contribution >= 0.6 is 0 Å². The van der Waals surface area contributed by atoms with Crippen molar-refractivity contribution in [3.8, 4) is 0 Å². The SMILES string of the molecule is COC(C)C(C)N1CCC1=O. The summed E-state index contributed by atoms with van der Waals surface area (Å²) in [6.07, 6.45) is 0.847. The van der Waals surface area contributed by atoms with Gasteiger partial charge in [-0.3, -0.25) is 4.79 Å². The van der Waals surface area contributed by atoms with Crippen LogP contribution < -0.4 is 0 Å². The molecule has 0 aliphatic carbocycles. The molecule has 0 aromatic rings. The predicted octanol–water partition coefficient (Wildman–Crippen LogP) is 0.642. The molecule has 11 heavy (non-hydrogen) atoms. The summed E-state index contributed by atoms with van der Waals surface area (Å²) in [5, 5.41) is 0. The Kier molecular flexibility index (Phi) is 2.49. The van der Waals surface area contributed by atoms with Gasteiger partial charge in [0.25, 0.3) is 0 Å². The summed E-state index contributed by atoms with van der Waals surface area (Å²) >= 11 is 0. The Hall–Kier alpha value is -0.570. The average molecular weight is 157 g/mol. The minimum Gasteiger partial charge on any atom is -0.380 e. The summed E-state index contributed by atoms with van der Waals surface area (Å²) in [5.41, 5.74) is 0. The first-order valence-electron chi connectivity index (χ1n) is 3.99. The number of amides is 1. The second-order valence-corrected chi connectivity index (χ2v) is 3.02. The number of methoxy groups -OCH3 is 1. The third kappa shape index (κ3) is 1.53. The van der Waals surface area contributed by atoms with Gasteiger partial charge in [-0.05, 0) is 13.8 Å². The fraction of sp³-hybridized carbons (Fsp3) is 0.875. The lowest BCUT2D eigenvalue weighted by Crippen LogP contribution is -2.52. The van der Waals surface area contributed by atoms with Crippen molar-refractivity contribution in [2.24, 2.45) is 0 Å². The van der Waals surface area contributed by atoms with Crippen molar-refractivity contribution >= 4 is 5.91 Å². The molecule has 0 N–H and O–H groups in total. The number of hydrogen-bond donors (Lipinski definition) is 0. The lowest BCUT2D eigenvalue weighted by Gasteiger charge is -2.38. The minimum absolute atomic E-state index is 0.138. The lowest BCUT2D eigenvalue weighted by molar-refractivity contribution is -0.145. The maximum absolute atomic E-state index is 11.0. The molecule has 1 saturated heterocycles. The summed E-state index contributed by atoms with van der Waals surface area (Å²) in [7, 11) is 1.67. The number of likely N-dealkylation sites (tertiary alicyclic amines) is 1. The van der Waals surface area contributed by atoms with E-state index in [1.165, 1.54) is 0 Å². The molecule has 2 atom stereocenters. The monoisotopic (exact) mass is 157 g/mol. The van der Waals surface area contributed by atoms with Crippen LogP contribution in [0, 0.1) is 0 Å². The molecule has 0 saturated carbocycles. The number of nitrogens with zero attached hydrogens (tertiary/aromatic N) is 1. The number of hydrogen-bond acceptors (Lipinski definition) is 2. The molecule has 0 aromatic carbocycles. The summed E-state index contributed by atoms with van der Waals surface area (Å²) in [5.74, 6) is 0.251. The zero-order chi connectivity index (χ0) is 8.43. The zero-order valence-corrected chi connectivity index (χ0v) is 7.33. The first-order valence-corrected chi connectivity index (χ1v) is 3.99. The second kappa shape index (κ2) is 3.22. The topological polar surface area (TPSA) is 29.5 Å². The molecule has 1 aliphatic heterocycles. The molecule has 3 heteroatoms. The highest BCUT2D eigenvalue weighted by Crippen LogP contribution is 2.16. The molecule has 0 aromatic heterocycles. The molecular formula is C8H15NO2. The van der Waals surface area contributed by atoms with E-state index in [0.29, 0.717) is 6.42 Å². The molecular weight excluding hydrogens is 142 g/mol. The van der Waals surface area contributed by atoms with Gasteiger partial charge in [0, 0.05) is 20.1 Å². The van der Waals surface area contributed by atoms with E-state index in [1.54, 1.807) is 7.11 Å². The average Bonchev–Trinajstić information content (AvgIpc) is 2.00. The van der Waals surface area contributed by atoms with Gasteiger partial charge in [0.1, 0.15) is 0 Å². The first kappa shape index (κ1) is 8.53. The Labute approximate surface area is 67.3 Å². The van der Waals surface area contributed by atoms with Gasteiger partial charge in [-0.1, -0.05) is 0 Å². The Morgan fingerprint density at radius 2 is 2.18 bits per heavy atom. The van der Waals surface area contributed by atoms with Crippen LogP contribution in [0.1, 0.15) is 20.3 Å². The fourth-order valence-corrected chi connectivity index (χ4v) is 1.21. The Morgan fingerprint density at radius 3 is 2.45 bits per heavy atom. The van der Waals surface area contributed by atoms with Gasteiger partial charge in [0.2, 0.25) is 5.91 Å². The summed E-state index contributed by atoms with van der Waals surface area (Å²) in [4.78, 5) is 12.8. The maximum Gasteiger partial charge on any atom is 0.224 e. The molecule has 1 rings (SSSR count). The first-order chi connectivity index (χ1) is 5.16. The van der Waals surface area contributed by atoms with E-state index in [4.69, 9.17) is 4.74 Å². The minimum atomic E-state index is 0.138.